The second-order valence-electron chi connectivity index (χ2n) is 9.39. The summed E-state index contributed by atoms with van der Waals surface area (Å²) in [5.41, 5.74) is 7.94. The molecule has 0 aliphatic carbocycles. The van der Waals surface area contributed by atoms with Crippen LogP contribution >= 0.6 is 11.3 Å². The fraction of sp³-hybridized carbons (Fsp3) is 0. The molecule has 0 amide bonds. The first-order valence-electron chi connectivity index (χ1n) is 12.8. The number of nitrogens with zero attached hydrogens (tertiary/aromatic N) is 4. The van der Waals surface area contributed by atoms with E-state index in [-0.39, 0.29) is 21.1 Å². The molecule has 0 saturated heterocycles. The summed E-state index contributed by atoms with van der Waals surface area (Å²) < 4.78 is 5.57. The van der Waals surface area contributed by atoms with Gasteiger partial charge in [-0.1, -0.05) is 53.4 Å². The zero-order valence-electron chi connectivity index (χ0n) is 21.1. The van der Waals surface area contributed by atoms with Gasteiger partial charge in [0.1, 0.15) is 0 Å². The fourth-order valence-electron chi connectivity index (χ4n) is 5.28. The molecule has 4 aromatic heterocycles. The van der Waals surface area contributed by atoms with Gasteiger partial charge in [-0.2, -0.15) is 11.3 Å². The first-order chi connectivity index (χ1) is 19.3. The van der Waals surface area contributed by atoms with Crippen LogP contribution in [0.5, 0.6) is 0 Å². The van der Waals surface area contributed by atoms with Gasteiger partial charge in [0.2, 0.25) is 0 Å². The van der Waals surface area contributed by atoms with E-state index in [9.17, 15) is 0 Å². The number of para-hydroxylation sites is 2. The molecule has 0 spiro atoms. The van der Waals surface area contributed by atoms with Gasteiger partial charge in [0.15, 0.2) is 0 Å². The molecule has 4 nitrogen and oxygen atoms in total. The minimum atomic E-state index is 0. The van der Waals surface area contributed by atoms with Crippen molar-refractivity contribution in [1.82, 2.24) is 19.1 Å². The van der Waals surface area contributed by atoms with Crippen molar-refractivity contribution in [2.24, 2.45) is 0 Å². The quantitative estimate of drug-likeness (QED) is 0.172. The van der Waals surface area contributed by atoms with E-state index in [0.29, 0.717) is 0 Å². The van der Waals surface area contributed by atoms with Crippen molar-refractivity contribution in [3.63, 3.8) is 0 Å². The van der Waals surface area contributed by atoms with Gasteiger partial charge < -0.3 is 14.1 Å². The Morgan fingerprint density at radius 3 is 2.40 bits per heavy atom. The predicted molar refractivity (Wildman–Crippen MR) is 160 cm³/mol. The van der Waals surface area contributed by atoms with Gasteiger partial charge in [-0.05, 0) is 76.8 Å². The zero-order chi connectivity index (χ0) is 25.8. The standard InChI is InChI=1S/C34H20N4S.Pt/c1-3-15-30-25(12-1)26-21-31(37-18-7-8-19-37)27(34-36-29-14-2-4-16-33(29)39-34)22-32(26)38(30)24-11-9-10-23(20-24)28-13-5-6-17-35-28;/h1-19,21H;/q-2;+2. The van der Waals surface area contributed by atoms with Gasteiger partial charge in [-0.15, -0.1) is 42.0 Å². The van der Waals surface area contributed by atoms with E-state index < -0.39 is 0 Å². The van der Waals surface area contributed by atoms with Gasteiger partial charge in [-0.25, -0.2) is 0 Å². The van der Waals surface area contributed by atoms with Crippen molar-refractivity contribution in [1.29, 1.82) is 0 Å². The van der Waals surface area contributed by atoms with Crippen molar-refractivity contribution in [2.75, 3.05) is 0 Å². The van der Waals surface area contributed by atoms with E-state index in [2.05, 4.69) is 105 Å². The molecule has 192 valence electrons. The maximum atomic E-state index is 5.02. The van der Waals surface area contributed by atoms with Crippen LogP contribution in [0.25, 0.3) is 65.2 Å². The molecule has 0 unspecified atom stereocenters. The molecule has 0 fully saturated rings. The molecule has 0 saturated carbocycles. The minimum absolute atomic E-state index is 0. The molecule has 0 aliphatic heterocycles. The Labute approximate surface area is 249 Å². The molecular formula is C34H20N4PtS. The summed E-state index contributed by atoms with van der Waals surface area (Å²) >= 11 is 1.70. The number of hydrogen-bond acceptors (Lipinski definition) is 3. The third-order valence-electron chi connectivity index (χ3n) is 7.05. The third kappa shape index (κ3) is 4.01. The van der Waals surface area contributed by atoms with Gasteiger partial charge in [0.25, 0.3) is 0 Å². The number of rotatable bonds is 4. The van der Waals surface area contributed by atoms with Crippen LogP contribution < -0.4 is 0 Å². The average molecular weight is 712 g/mol. The van der Waals surface area contributed by atoms with Gasteiger partial charge in [-0.3, -0.25) is 4.98 Å². The summed E-state index contributed by atoms with van der Waals surface area (Å²) in [6.07, 6.45) is 5.97. The van der Waals surface area contributed by atoms with Crippen molar-refractivity contribution >= 4 is 43.4 Å². The van der Waals surface area contributed by atoms with Crippen LogP contribution in [0.3, 0.4) is 0 Å². The normalized spacial score (nSPS) is 11.3. The largest absolute Gasteiger partial charge is 2.00 e. The van der Waals surface area contributed by atoms with E-state index in [0.717, 1.165) is 59.8 Å². The molecule has 8 rings (SSSR count). The molecule has 0 aliphatic rings. The van der Waals surface area contributed by atoms with E-state index in [4.69, 9.17) is 4.98 Å². The fourth-order valence-corrected chi connectivity index (χ4v) is 6.25. The molecule has 0 radical (unpaired) electrons. The molecule has 4 aromatic carbocycles. The first-order valence-corrected chi connectivity index (χ1v) is 13.6. The van der Waals surface area contributed by atoms with Crippen LogP contribution in [0.15, 0.2) is 122 Å². The van der Waals surface area contributed by atoms with Crippen LogP contribution in [-0.2, 0) is 21.1 Å². The van der Waals surface area contributed by atoms with Crippen LogP contribution in [0.1, 0.15) is 0 Å². The number of fused-ring (bicyclic) bond motifs is 4. The maximum Gasteiger partial charge on any atom is 2.00 e. The Hall–Kier alpha value is -4.31. The summed E-state index contributed by atoms with van der Waals surface area (Å²) in [5, 5.41) is 3.25. The SMILES string of the molecule is [Pt+2].[c-]1c(-c2ccccn2)cccc1-n1c2[c-]c(-c3nc4ccccc4s3)c(-n3cccc3)cc2c2ccccc21. The predicted octanol–water partition coefficient (Wildman–Crippen LogP) is 8.51. The van der Waals surface area contributed by atoms with Crippen LogP contribution in [0.2, 0.25) is 0 Å². The van der Waals surface area contributed by atoms with Crippen molar-refractivity contribution in [3.8, 4) is 33.2 Å². The summed E-state index contributed by atoms with van der Waals surface area (Å²) in [5.74, 6) is 0. The summed E-state index contributed by atoms with van der Waals surface area (Å²) in [6, 6.07) is 42.8. The second-order valence-corrected chi connectivity index (χ2v) is 10.4. The molecule has 0 bridgehead atoms. The van der Waals surface area contributed by atoms with Crippen molar-refractivity contribution in [3.05, 3.63) is 134 Å². The topological polar surface area (TPSA) is 35.6 Å². The zero-order valence-corrected chi connectivity index (χ0v) is 24.1. The number of benzene rings is 4. The number of pyridine rings is 1. The van der Waals surface area contributed by atoms with Gasteiger partial charge in [0.05, 0.1) is 5.52 Å². The Balaban J connectivity index is 0.00000264. The number of aromatic nitrogens is 4. The smallest absolute Gasteiger partial charge is 0.364 e. The van der Waals surface area contributed by atoms with Crippen molar-refractivity contribution < 1.29 is 21.1 Å². The van der Waals surface area contributed by atoms with E-state index >= 15 is 0 Å². The monoisotopic (exact) mass is 711 g/mol. The number of hydrogen-bond donors (Lipinski definition) is 0. The third-order valence-corrected chi connectivity index (χ3v) is 8.10. The Morgan fingerprint density at radius 1 is 0.725 bits per heavy atom. The van der Waals surface area contributed by atoms with Gasteiger partial charge in [0, 0.05) is 21.4 Å². The Morgan fingerprint density at radius 2 is 1.55 bits per heavy atom. The summed E-state index contributed by atoms with van der Waals surface area (Å²) in [6.45, 7) is 0. The maximum absolute atomic E-state index is 5.02. The molecule has 0 atom stereocenters. The van der Waals surface area contributed by atoms with E-state index in [1.54, 1.807) is 11.3 Å². The average Bonchev–Trinajstić information content (AvgIpc) is 3.75. The van der Waals surface area contributed by atoms with Crippen LogP contribution in [0, 0.1) is 12.1 Å². The Kier molecular flexibility index (Phi) is 6.19. The molecule has 6 heteroatoms. The van der Waals surface area contributed by atoms with Crippen molar-refractivity contribution in [2.45, 2.75) is 0 Å². The van der Waals surface area contributed by atoms with Gasteiger partial charge >= 0.3 is 21.1 Å². The molecule has 4 heterocycles. The second kappa shape index (κ2) is 10.0. The summed E-state index contributed by atoms with van der Waals surface area (Å²) in [4.78, 5) is 9.57. The molecule has 40 heavy (non-hydrogen) atoms. The molecule has 8 aromatic rings. The minimum Gasteiger partial charge on any atom is -0.364 e. The summed E-state index contributed by atoms with van der Waals surface area (Å²) in [7, 11) is 0. The molecular weight excluding hydrogens is 692 g/mol. The van der Waals surface area contributed by atoms with E-state index in [1.807, 2.05) is 42.6 Å². The Bertz CT molecular complexity index is 2090. The molecule has 0 N–H and O–H groups in total. The van der Waals surface area contributed by atoms with E-state index in [1.165, 1.54) is 5.39 Å². The number of thiazole rings is 1. The van der Waals surface area contributed by atoms with Crippen LogP contribution in [0.4, 0.5) is 0 Å². The first kappa shape index (κ1) is 24.7. The van der Waals surface area contributed by atoms with Crippen LogP contribution in [-0.4, -0.2) is 19.1 Å².